The summed E-state index contributed by atoms with van der Waals surface area (Å²) in [7, 11) is 0. The summed E-state index contributed by atoms with van der Waals surface area (Å²) in [6, 6.07) is 3.03. The van der Waals surface area contributed by atoms with Crippen LogP contribution in [0.4, 0.5) is 8.78 Å². The van der Waals surface area contributed by atoms with Gasteiger partial charge in [-0.15, -0.1) is 12.4 Å². The Morgan fingerprint density at radius 1 is 1.33 bits per heavy atom. The molecule has 120 valence electrons. The van der Waals surface area contributed by atoms with Gasteiger partial charge in [0.1, 0.15) is 5.75 Å². The predicted octanol–water partition coefficient (Wildman–Crippen LogP) is 2.79. The minimum atomic E-state index is -2.88. The smallest absolute Gasteiger partial charge is 0.387 e. The highest BCUT2D eigenvalue weighted by Crippen LogP contribution is 2.26. The summed E-state index contributed by atoms with van der Waals surface area (Å²) >= 11 is 0. The minimum absolute atomic E-state index is 0. The number of nitrogens with two attached hydrogens (primary N) is 1. The third kappa shape index (κ3) is 6.27. The molecule has 0 aromatic heterocycles. The first-order valence-corrected chi connectivity index (χ1v) is 6.23. The lowest BCUT2D eigenvalue weighted by Crippen LogP contribution is -2.45. The van der Waals surface area contributed by atoms with Crippen molar-refractivity contribution in [2.75, 3.05) is 6.54 Å². The first kappa shape index (κ1) is 19.6. The van der Waals surface area contributed by atoms with E-state index in [4.69, 9.17) is 5.73 Å². The topological polar surface area (TPSA) is 64.4 Å². The van der Waals surface area contributed by atoms with E-state index in [-0.39, 0.29) is 24.1 Å². The Morgan fingerprint density at radius 2 is 1.81 bits per heavy atom. The number of hydrogen-bond donors (Lipinski definition) is 2. The van der Waals surface area contributed by atoms with Crippen molar-refractivity contribution in [1.29, 1.82) is 0 Å². The summed E-state index contributed by atoms with van der Waals surface area (Å²) in [5.74, 6) is -0.186. The number of carbonyl (C=O) groups excluding carboxylic acids is 1. The highest BCUT2D eigenvalue weighted by atomic mass is 35.5. The number of benzene rings is 1. The maximum Gasteiger partial charge on any atom is 0.387 e. The molecule has 0 unspecified atom stereocenters. The Labute approximate surface area is 129 Å². The monoisotopic (exact) mass is 322 g/mol. The van der Waals surface area contributed by atoms with Crippen LogP contribution in [0, 0.1) is 13.8 Å². The number of ether oxygens (including phenoxy) is 1. The summed E-state index contributed by atoms with van der Waals surface area (Å²) in [5.41, 5.74) is 6.64. The molecule has 7 heteroatoms. The van der Waals surface area contributed by atoms with E-state index in [0.29, 0.717) is 23.2 Å². The second kappa shape index (κ2) is 7.56. The van der Waals surface area contributed by atoms with Crippen molar-refractivity contribution in [2.45, 2.75) is 39.8 Å². The zero-order valence-corrected chi connectivity index (χ0v) is 13.3. The fourth-order valence-corrected chi connectivity index (χ4v) is 1.77. The third-order valence-corrected chi connectivity index (χ3v) is 2.63. The van der Waals surface area contributed by atoms with Gasteiger partial charge >= 0.3 is 6.61 Å². The van der Waals surface area contributed by atoms with E-state index in [0.717, 1.165) is 0 Å². The van der Waals surface area contributed by atoms with Crippen molar-refractivity contribution in [1.82, 2.24) is 5.32 Å². The summed E-state index contributed by atoms with van der Waals surface area (Å²) < 4.78 is 29.0. The van der Waals surface area contributed by atoms with Crippen LogP contribution in [0.3, 0.4) is 0 Å². The van der Waals surface area contributed by atoms with Crippen LogP contribution in [-0.2, 0) is 0 Å². The molecular formula is C14H21ClF2N2O2. The van der Waals surface area contributed by atoms with Gasteiger partial charge in [-0.2, -0.15) is 8.78 Å². The molecule has 0 radical (unpaired) electrons. The molecule has 0 atom stereocenters. The van der Waals surface area contributed by atoms with E-state index in [9.17, 15) is 13.6 Å². The molecular weight excluding hydrogens is 302 g/mol. The molecule has 0 aliphatic rings. The summed E-state index contributed by atoms with van der Waals surface area (Å²) in [6.07, 6.45) is 0. The molecule has 0 aliphatic heterocycles. The molecule has 21 heavy (non-hydrogen) atoms. The van der Waals surface area contributed by atoms with Crippen LogP contribution in [0.1, 0.15) is 35.3 Å². The maximum absolute atomic E-state index is 12.3. The molecule has 1 rings (SSSR count). The molecule has 0 saturated carbocycles. The Morgan fingerprint density at radius 3 is 2.19 bits per heavy atom. The summed E-state index contributed by atoms with van der Waals surface area (Å²) in [4.78, 5) is 12.0. The second-order valence-electron chi connectivity index (χ2n) is 5.49. The molecule has 0 heterocycles. The molecule has 1 aromatic rings. The molecule has 1 amide bonds. The molecule has 0 spiro atoms. The lowest BCUT2D eigenvalue weighted by molar-refractivity contribution is -0.0507. The van der Waals surface area contributed by atoms with E-state index in [1.807, 2.05) is 0 Å². The van der Waals surface area contributed by atoms with Crippen LogP contribution < -0.4 is 15.8 Å². The lowest BCUT2D eigenvalue weighted by atomic mass is 10.0. The van der Waals surface area contributed by atoms with Crippen LogP contribution in [-0.4, -0.2) is 24.6 Å². The largest absolute Gasteiger partial charge is 0.434 e. The van der Waals surface area contributed by atoms with Gasteiger partial charge in [0.2, 0.25) is 0 Å². The van der Waals surface area contributed by atoms with Crippen molar-refractivity contribution >= 4 is 18.3 Å². The van der Waals surface area contributed by atoms with Crippen molar-refractivity contribution in [2.24, 2.45) is 5.73 Å². The Hall–Kier alpha value is -1.40. The molecule has 0 bridgehead atoms. The molecule has 0 aliphatic carbocycles. The van der Waals surface area contributed by atoms with Crippen LogP contribution in [0.5, 0.6) is 5.75 Å². The van der Waals surface area contributed by atoms with Crippen molar-refractivity contribution in [3.05, 3.63) is 28.8 Å². The number of amides is 1. The molecule has 4 nitrogen and oxygen atoms in total. The molecule has 0 fully saturated rings. The van der Waals surface area contributed by atoms with E-state index < -0.39 is 12.2 Å². The SMILES string of the molecule is Cc1cc(C(=O)NCC(C)(C)N)cc(C)c1OC(F)F.Cl. The number of rotatable bonds is 5. The van der Waals surface area contributed by atoms with Gasteiger partial charge in [0.25, 0.3) is 5.91 Å². The van der Waals surface area contributed by atoms with Gasteiger partial charge in [-0.3, -0.25) is 4.79 Å². The van der Waals surface area contributed by atoms with Gasteiger partial charge < -0.3 is 15.8 Å². The quantitative estimate of drug-likeness (QED) is 0.876. The van der Waals surface area contributed by atoms with Crippen molar-refractivity contribution in [3.63, 3.8) is 0 Å². The Kier molecular flexibility index (Phi) is 7.06. The molecule has 1 aromatic carbocycles. The van der Waals surface area contributed by atoms with Gasteiger partial charge in [0.05, 0.1) is 0 Å². The van der Waals surface area contributed by atoms with E-state index in [1.54, 1.807) is 27.7 Å². The highest BCUT2D eigenvalue weighted by molar-refractivity contribution is 5.95. The zero-order valence-electron chi connectivity index (χ0n) is 12.5. The van der Waals surface area contributed by atoms with Gasteiger partial charge in [0.15, 0.2) is 0 Å². The van der Waals surface area contributed by atoms with Gasteiger partial charge in [-0.05, 0) is 51.0 Å². The summed E-state index contributed by atoms with van der Waals surface area (Å²) in [6.45, 7) is 4.26. The van der Waals surface area contributed by atoms with Crippen molar-refractivity contribution < 1.29 is 18.3 Å². The number of carbonyl (C=O) groups is 1. The normalized spacial score (nSPS) is 11.0. The van der Waals surface area contributed by atoms with Crippen LogP contribution in [0.15, 0.2) is 12.1 Å². The van der Waals surface area contributed by atoms with Gasteiger partial charge in [0, 0.05) is 17.6 Å². The second-order valence-corrected chi connectivity index (χ2v) is 5.49. The first-order valence-electron chi connectivity index (χ1n) is 6.23. The molecule has 0 saturated heterocycles. The Bertz CT molecular complexity index is 479. The number of hydrogen-bond acceptors (Lipinski definition) is 3. The average molecular weight is 323 g/mol. The Balaban J connectivity index is 0.00000400. The average Bonchev–Trinajstić information content (AvgIpc) is 2.29. The van der Waals surface area contributed by atoms with Crippen LogP contribution in [0.2, 0.25) is 0 Å². The van der Waals surface area contributed by atoms with Gasteiger partial charge in [-0.1, -0.05) is 0 Å². The van der Waals surface area contributed by atoms with Crippen LogP contribution in [0.25, 0.3) is 0 Å². The summed E-state index contributed by atoms with van der Waals surface area (Å²) in [5, 5.41) is 2.70. The fourth-order valence-electron chi connectivity index (χ4n) is 1.77. The predicted molar refractivity (Wildman–Crippen MR) is 80.4 cm³/mol. The van der Waals surface area contributed by atoms with E-state index >= 15 is 0 Å². The zero-order chi connectivity index (χ0) is 15.5. The van der Waals surface area contributed by atoms with E-state index in [1.165, 1.54) is 12.1 Å². The standard InChI is InChI=1S/C14H20F2N2O2.ClH/c1-8-5-10(12(19)18-7-14(3,4)17)6-9(2)11(8)20-13(15)16;/h5-6,13H,7,17H2,1-4H3,(H,18,19);1H. The lowest BCUT2D eigenvalue weighted by Gasteiger charge is -2.19. The number of aryl methyl sites for hydroxylation is 2. The number of alkyl halides is 2. The third-order valence-electron chi connectivity index (χ3n) is 2.63. The van der Waals surface area contributed by atoms with E-state index in [2.05, 4.69) is 10.1 Å². The van der Waals surface area contributed by atoms with Crippen molar-refractivity contribution in [3.8, 4) is 5.75 Å². The molecule has 3 N–H and O–H groups in total. The van der Waals surface area contributed by atoms with Gasteiger partial charge in [-0.25, -0.2) is 0 Å². The minimum Gasteiger partial charge on any atom is -0.434 e. The number of nitrogens with one attached hydrogen (secondary N) is 1. The maximum atomic E-state index is 12.3. The first-order chi connectivity index (χ1) is 9.10. The van der Waals surface area contributed by atoms with Crippen LogP contribution >= 0.6 is 12.4 Å². The fraction of sp³-hybridized carbons (Fsp3) is 0.500. The highest BCUT2D eigenvalue weighted by Gasteiger charge is 2.16. The number of halogens is 3.